The van der Waals surface area contributed by atoms with E-state index in [1.54, 1.807) is 0 Å². The zero-order valence-corrected chi connectivity index (χ0v) is 9.43. The van der Waals surface area contributed by atoms with Gasteiger partial charge in [-0.05, 0) is 24.3 Å². The van der Waals surface area contributed by atoms with Gasteiger partial charge in [0.2, 0.25) is 0 Å². The predicted molar refractivity (Wildman–Crippen MR) is 67.7 cm³/mol. The Morgan fingerprint density at radius 3 is 2.56 bits per heavy atom. The van der Waals surface area contributed by atoms with Crippen LogP contribution < -0.4 is 5.01 Å². The Bertz CT molecular complexity index is 502. The molecule has 0 bridgehead atoms. The van der Waals surface area contributed by atoms with Gasteiger partial charge in [0, 0.05) is 18.0 Å². The molecule has 1 aromatic rings. The summed E-state index contributed by atoms with van der Waals surface area (Å²) in [6.07, 6.45) is 10.2. The third kappa shape index (κ3) is 1.34. The van der Waals surface area contributed by atoms with Crippen LogP contribution in [0.4, 0.5) is 5.69 Å². The number of anilines is 1. The Balaban J connectivity index is 2.17. The number of hydrogen-bond donors (Lipinski definition) is 0. The van der Waals surface area contributed by atoms with Crippen LogP contribution in [0.15, 0.2) is 54.5 Å². The lowest BCUT2D eigenvalue weighted by Crippen LogP contribution is -2.38. The Morgan fingerprint density at radius 1 is 1.00 bits per heavy atom. The summed E-state index contributed by atoms with van der Waals surface area (Å²) in [6.45, 7) is 0. The van der Waals surface area contributed by atoms with Crippen LogP contribution in [0.25, 0.3) is 6.08 Å². The van der Waals surface area contributed by atoms with Crippen LogP contribution in [0.5, 0.6) is 0 Å². The number of halogens is 1. The topological polar surface area (TPSA) is 6.48 Å². The van der Waals surface area contributed by atoms with Crippen molar-refractivity contribution in [2.24, 2.45) is 0 Å². The maximum atomic E-state index is 5.97. The molecule has 1 aromatic carbocycles. The second kappa shape index (κ2) is 3.72. The molecule has 0 atom stereocenters. The maximum absolute atomic E-state index is 5.97. The first kappa shape index (κ1) is 9.55. The molecule has 0 spiro atoms. The number of hydrogen-bond acceptors (Lipinski definition) is 2. The monoisotopic (exact) mass is 230 g/mol. The van der Waals surface area contributed by atoms with Gasteiger partial charge in [0.15, 0.2) is 0 Å². The quantitative estimate of drug-likeness (QED) is 0.683. The van der Waals surface area contributed by atoms with E-state index in [2.05, 4.69) is 28.2 Å². The van der Waals surface area contributed by atoms with Crippen LogP contribution in [0, 0.1) is 0 Å². The fraction of sp³-hybridized carbons (Fsp3) is 0.0769. The highest BCUT2D eigenvalue weighted by Gasteiger charge is 2.22. The number of para-hydroxylation sites is 1. The number of nitrogens with zero attached hydrogens (tertiary/aromatic N) is 2. The lowest BCUT2D eigenvalue weighted by molar-refractivity contribution is 0.466. The van der Waals surface area contributed by atoms with Crippen LogP contribution in [0.3, 0.4) is 0 Å². The molecule has 0 radical (unpaired) electrons. The molecule has 0 saturated heterocycles. The highest BCUT2D eigenvalue weighted by molar-refractivity contribution is 6.19. The van der Waals surface area contributed by atoms with Crippen LogP contribution >= 0.6 is 11.6 Å². The lowest BCUT2D eigenvalue weighted by atomic mass is 10.1. The van der Waals surface area contributed by atoms with Gasteiger partial charge >= 0.3 is 0 Å². The van der Waals surface area contributed by atoms with Crippen molar-refractivity contribution in [3.63, 3.8) is 0 Å². The van der Waals surface area contributed by atoms with Gasteiger partial charge in [0.25, 0.3) is 0 Å². The Morgan fingerprint density at radius 2 is 1.75 bits per heavy atom. The van der Waals surface area contributed by atoms with Crippen molar-refractivity contribution in [1.29, 1.82) is 0 Å². The molecule has 0 aromatic heterocycles. The number of allylic oxidation sites excluding steroid dienone is 3. The van der Waals surface area contributed by atoms with Crippen LogP contribution in [0.2, 0.25) is 0 Å². The van der Waals surface area contributed by atoms with Gasteiger partial charge in [-0.25, -0.2) is 0 Å². The summed E-state index contributed by atoms with van der Waals surface area (Å²) in [4.78, 5) is 0. The summed E-state index contributed by atoms with van der Waals surface area (Å²) in [5.41, 5.74) is 3.47. The molecule has 2 heterocycles. The molecule has 0 amide bonds. The van der Waals surface area contributed by atoms with Gasteiger partial charge in [-0.15, -0.1) is 11.6 Å². The number of rotatable bonds is 1. The van der Waals surface area contributed by atoms with E-state index < -0.39 is 0 Å². The van der Waals surface area contributed by atoms with E-state index in [4.69, 9.17) is 11.6 Å². The molecule has 80 valence electrons. The SMILES string of the molecule is ClCC1=Cc2ccccc2N2C=CC=CN12. The van der Waals surface area contributed by atoms with Crippen molar-refractivity contribution in [1.82, 2.24) is 5.01 Å². The largest absolute Gasteiger partial charge is 0.260 e. The van der Waals surface area contributed by atoms with E-state index in [0.717, 1.165) is 5.70 Å². The molecular formula is C13H11ClN2. The highest BCUT2D eigenvalue weighted by Crippen LogP contribution is 2.33. The summed E-state index contributed by atoms with van der Waals surface area (Å²) in [7, 11) is 0. The summed E-state index contributed by atoms with van der Waals surface area (Å²) >= 11 is 5.97. The smallest absolute Gasteiger partial charge is 0.0702 e. The second-order valence-corrected chi connectivity index (χ2v) is 3.97. The lowest BCUT2D eigenvalue weighted by Gasteiger charge is -2.39. The summed E-state index contributed by atoms with van der Waals surface area (Å²) in [5.74, 6) is 0.503. The first-order valence-corrected chi connectivity index (χ1v) is 5.72. The molecule has 3 rings (SSSR count). The number of fused-ring (bicyclic) bond motifs is 3. The third-order valence-corrected chi connectivity index (χ3v) is 3.01. The molecule has 2 aliphatic rings. The van der Waals surface area contributed by atoms with E-state index in [1.807, 2.05) is 36.7 Å². The summed E-state index contributed by atoms with van der Waals surface area (Å²) in [5, 5.41) is 4.17. The Kier molecular flexibility index (Phi) is 2.22. The molecule has 0 saturated carbocycles. The van der Waals surface area contributed by atoms with Crippen molar-refractivity contribution >= 4 is 23.4 Å². The molecular weight excluding hydrogens is 220 g/mol. The van der Waals surface area contributed by atoms with E-state index >= 15 is 0 Å². The molecule has 2 aliphatic heterocycles. The Labute approximate surface area is 99.7 Å². The molecule has 0 N–H and O–H groups in total. The average molecular weight is 231 g/mol. The van der Waals surface area contributed by atoms with Crippen molar-refractivity contribution in [3.8, 4) is 0 Å². The van der Waals surface area contributed by atoms with Gasteiger partial charge < -0.3 is 0 Å². The molecule has 3 heteroatoms. The normalized spacial score (nSPS) is 16.9. The van der Waals surface area contributed by atoms with Gasteiger partial charge in [0.05, 0.1) is 17.3 Å². The number of alkyl halides is 1. The van der Waals surface area contributed by atoms with Crippen molar-refractivity contribution < 1.29 is 0 Å². The van der Waals surface area contributed by atoms with E-state index in [0.29, 0.717) is 5.88 Å². The number of benzene rings is 1. The zero-order valence-electron chi connectivity index (χ0n) is 8.68. The molecule has 0 fully saturated rings. The van der Waals surface area contributed by atoms with Crippen LogP contribution in [-0.4, -0.2) is 10.9 Å². The van der Waals surface area contributed by atoms with E-state index in [-0.39, 0.29) is 0 Å². The number of hydrazine groups is 1. The highest BCUT2D eigenvalue weighted by atomic mass is 35.5. The first-order valence-electron chi connectivity index (χ1n) is 5.19. The maximum Gasteiger partial charge on any atom is 0.0702 e. The molecule has 0 unspecified atom stereocenters. The first-order chi connectivity index (χ1) is 7.90. The van der Waals surface area contributed by atoms with Gasteiger partial charge in [-0.3, -0.25) is 10.0 Å². The average Bonchev–Trinajstić information content (AvgIpc) is 2.38. The standard InChI is InChI=1S/C13H11ClN2/c14-10-12-9-11-5-1-2-6-13(11)16-8-4-3-7-15(12)16/h1-9H,10H2. The van der Waals surface area contributed by atoms with Gasteiger partial charge in [0.1, 0.15) is 0 Å². The summed E-state index contributed by atoms with van der Waals surface area (Å²) in [6, 6.07) is 8.29. The zero-order chi connectivity index (χ0) is 11.0. The minimum atomic E-state index is 0.503. The van der Waals surface area contributed by atoms with Crippen LogP contribution in [0.1, 0.15) is 5.56 Å². The molecule has 16 heavy (non-hydrogen) atoms. The predicted octanol–water partition coefficient (Wildman–Crippen LogP) is 3.34. The minimum absolute atomic E-state index is 0.503. The minimum Gasteiger partial charge on any atom is -0.260 e. The Hall–Kier alpha value is -1.67. The van der Waals surface area contributed by atoms with E-state index in [9.17, 15) is 0 Å². The van der Waals surface area contributed by atoms with Gasteiger partial charge in [-0.1, -0.05) is 18.2 Å². The third-order valence-electron chi connectivity index (χ3n) is 2.73. The fourth-order valence-corrected chi connectivity index (χ4v) is 2.20. The van der Waals surface area contributed by atoms with Crippen molar-refractivity contribution in [3.05, 3.63) is 60.1 Å². The second-order valence-electron chi connectivity index (χ2n) is 3.70. The molecule has 2 nitrogen and oxygen atoms in total. The van der Waals surface area contributed by atoms with Gasteiger partial charge in [-0.2, -0.15) is 0 Å². The molecule has 0 aliphatic carbocycles. The fourth-order valence-electron chi connectivity index (χ4n) is 2.00. The van der Waals surface area contributed by atoms with Crippen LogP contribution in [-0.2, 0) is 0 Å². The van der Waals surface area contributed by atoms with Crippen molar-refractivity contribution in [2.75, 3.05) is 10.9 Å². The van der Waals surface area contributed by atoms with Crippen molar-refractivity contribution in [2.45, 2.75) is 0 Å². The van der Waals surface area contributed by atoms with E-state index in [1.165, 1.54) is 11.3 Å². The summed E-state index contributed by atoms with van der Waals surface area (Å²) < 4.78 is 0.